The average molecular weight is 446 g/mol. The minimum Gasteiger partial charge on any atom is -0.369 e. The van der Waals surface area contributed by atoms with E-state index in [1.807, 2.05) is 36.9 Å². The van der Waals surface area contributed by atoms with Gasteiger partial charge in [-0.2, -0.15) is 0 Å². The molecule has 33 heavy (non-hydrogen) atoms. The van der Waals surface area contributed by atoms with Crippen molar-refractivity contribution in [1.29, 1.82) is 0 Å². The van der Waals surface area contributed by atoms with Crippen molar-refractivity contribution in [2.75, 3.05) is 13.1 Å². The molecule has 1 saturated heterocycles. The van der Waals surface area contributed by atoms with Crippen molar-refractivity contribution in [2.24, 2.45) is 11.1 Å². The second-order valence-corrected chi connectivity index (χ2v) is 9.11. The normalized spacial score (nSPS) is 18.3. The lowest BCUT2D eigenvalue weighted by atomic mass is 9.74. The lowest BCUT2D eigenvalue weighted by molar-refractivity contribution is -0.139. The predicted octanol–water partition coefficient (Wildman–Crippen LogP) is 4.23. The average Bonchev–Trinajstić information content (AvgIpc) is 3.15. The fourth-order valence-corrected chi connectivity index (χ4v) is 4.86. The monoisotopic (exact) mass is 445 g/mol. The van der Waals surface area contributed by atoms with Gasteiger partial charge in [-0.3, -0.25) is 9.59 Å². The number of piperidine rings is 1. The molecule has 1 fully saturated rings. The summed E-state index contributed by atoms with van der Waals surface area (Å²) in [6.07, 6.45) is 2.94. The highest BCUT2D eigenvalue weighted by Gasteiger charge is 2.42. The van der Waals surface area contributed by atoms with Gasteiger partial charge in [0.25, 0.3) is 0 Å². The van der Waals surface area contributed by atoms with Crippen LogP contribution >= 0.6 is 0 Å². The molecule has 6 heteroatoms. The maximum Gasteiger partial charge on any atom is 0.225 e. The first-order valence-electron chi connectivity index (χ1n) is 11.5. The number of primary amides is 1. The lowest BCUT2D eigenvalue weighted by Crippen LogP contribution is -2.53. The number of aromatic nitrogens is 1. The standard InChI is InChI=1S/C27H31N3O3/c1-19-24(20(2)33-29-19)13-14-25(31)30-16-6-15-27(18-30,26(28)32)17-21-9-11-23(12-10-21)22-7-4-3-5-8-22/h3-5,7-12H,6,13-18H2,1-2H3,(H2,28,32)/t27-/m0/s1. The van der Waals surface area contributed by atoms with E-state index >= 15 is 0 Å². The van der Waals surface area contributed by atoms with Crippen molar-refractivity contribution in [3.05, 3.63) is 77.2 Å². The van der Waals surface area contributed by atoms with Crippen LogP contribution in [0.25, 0.3) is 11.1 Å². The Balaban J connectivity index is 1.45. The van der Waals surface area contributed by atoms with Gasteiger partial charge in [0, 0.05) is 25.1 Å². The van der Waals surface area contributed by atoms with Crippen molar-refractivity contribution in [3.8, 4) is 11.1 Å². The Morgan fingerprint density at radius 1 is 1.06 bits per heavy atom. The number of aryl methyl sites for hydroxylation is 2. The van der Waals surface area contributed by atoms with Gasteiger partial charge in [0.15, 0.2) is 0 Å². The maximum absolute atomic E-state index is 13.0. The number of hydrogen-bond donors (Lipinski definition) is 1. The third-order valence-corrected chi connectivity index (χ3v) is 6.83. The molecule has 2 amide bonds. The van der Waals surface area contributed by atoms with Gasteiger partial charge >= 0.3 is 0 Å². The zero-order chi connectivity index (χ0) is 23.4. The van der Waals surface area contributed by atoms with Crippen molar-refractivity contribution >= 4 is 11.8 Å². The van der Waals surface area contributed by atoms with Crippen LogP contribution in [-0.2, 0) is 22.4 Å². The van der Waals surface area contributed by atoms with Gasteiger partial charge in [-0.15, -0.1) is 0 Å². The molecule has 4 rings (SSSR count). The molecule has 0 unspecified atom stereocenters. The van der Waals surface area contributed by atoms with E-state index < -0.39 is 5.41 Å². The number of amides is 2. The second kappa shape index (κ2) is 9.61. The smallest absolute Gasteiger partial charge is 0.225 e. The van der Waals surface area contributed by atoms with Crippen LogP contribution in [0.5, 0.6) is 0 Å². The van der Waals surface area contributed by atoms with Gasteiger partial charge in [-0.1, -0.05) is 59.8 Å². The Morgan fingerprint density at radius 2 is 1.76 bits per heavy atom. The van der Waals surface area contributed by atoms with Gasteiger partial charge in [-0.05, 0) is 56.2 Å². The van der Waals surface area contributed by atoms with Crippen LogP contribution < -0.4 is 5.73 Å². The minimum atomic E-state index is -0.745. The summed E-state index contributed by atoms with van der Waals surface area (Å²) in [6, 6.07) is 18.5. The molecule has 2 heterocycles. The maximum atomic E-state index is 13.0. The number of hydrogen-bond acceptors (Lipinski definition) is 4. The van der Waals surface area contributed by atoms with Crippen LogP contribution in [0.2, 0.25) is 0 Å². The highest BCUT2D eigenvalue weighted by atomic mass is 16.5. The summed E-state index contributed by atoms with van der Waals surface area (Å²) in [6.45, 7) is 4.77. The zero-order valence-electron chi connectivity index (χ0n) is 19.3. The summed E-state index contributed by atoms with van der Waals surface area (Å²) in [5, 5.41) is 3.96. The highest BCUT2D eigenvalue weighted by Crippen LogP contribution is 2.34. The molecule has 2 N–H and O–H groups in total. The Morgan fingerprint density at radius 3 is 2.39 bits per heavy atom. The molecule has 0 aliphatic carbocycles. The molecular formula is C27H31N3O3. The van der Waals surface area contributed by atoms with Gasteiger partial charge in [0.1, 0.15) is 5.76 Å². The number of benzene rings is 2. The molecule has 2 aromatic carbocycles. The summed E-state index contributed by atoms with van der Waals surface area (Å²) >= 11 is 0. The third kappa shape index (κ3) is 5.00. The Kier molecular flexibility index (Phi) is 6.63. The van der Waals surface area contributed by atoms with Crippen molar-refractivity contribution in [1.82, 2.24) is 10.1 Å². The molecule has 0 saturated carbocycles. The first-order valence-corrected chi connectivity index (χ1v) is 11.5. The molecular weight excluding hydrogens is 414 g/mol. The number of likely N-dealkylation sites (tertiary alicyclic amines) is 1. The van der Waals surface area contributed by atoms with Crippen LogP contribution in [0.15, 0.2) is 59.1 Å². The van der Waals surface area contributed by atoms with Crippen LogP contribution in [0.4, 0.5) is 0 Å². The van der Waals surface area contributed by atoms with Crippen LogP contribution in [-0.4, -0.2) is 35.0 Å². The molecule has 0 radical (unpaired) electrons. The largest absolute Gasteiger partial charge is 0.369 e. The lowest BCUT2D eigenvalue weighted by Gasteiger charge is -2.41. The van der Waals surface area contributed by atoms with E-state index in [2.05, 4.69) is 41.6 Å². The molecule has 3 aromatic rings. The Bertz CT molecular complexity index is 1100. The molecule has 1 aliphatic rings. The van der Waals surface area contributed by atoms with E-state index in [0.29, 0.717) is 38.8 Å². The number of nitrogens with zero attached hydrogens (tertiary/aromatic N) is 2. The van der Waals surface area contributed by atoms with E-state index in [0.717, 1.165) is 40.1 Å². The fourth-order valence-electron chi connectivity index (χ4n) is 4.86. The molecule has 6 nitrogen and oxygen atoms in total. The van der Waals surface area contributed by atoms with Gasteiger partial charge in [0.2, 0.25) is 11.8 Å². The molecule has 0 bridgehead atoms. The van der Waals surface area contributed by atoms with Crippen molar-refractivity contribution in [2.45, 2.75) is 46.0 Å². The summed E-state index contributed by atoms with van der Waals surface area (Å²) < 4.78 is 5.20. The number of rotatable bonds is 7. The van der Waals surface area contributed by atoms with E-state index in [9.17, 15) is 9.59 Å². The SMILES string of the molecule is Cc1noc(C)c1CCC(=O)N1CCC[C@@](Cc2ccc(-c3ccccc3)cc2)(C(N)=O)C1. The summed E-state index contributed by atoms with van der Waals surface area (Å²) in [4.78, 5) is 27.4. The molecule has 1 aromatic heterocycles. The zero-order valence-corrected chi connectivity index (χ0v) is 19.3. The molecule has 172 valence electrons. The number of carbonyl (C=O) groups is 2. The first kappa shape index (κ1) is 22.8. The second-order valence-electron chi connectivity index (χ2n) is 9.11. The highest BCUT2D eigenvalue weighted by molar-refractivity contribution is 5.83. The van der Waals surface area contributed by atoms with Gasteiger partial charge < -0.3 is 15.2 Å². The number of carbonyl (C=O) groups excluding carboxylic acids is 2. The van der Waals surface area contributed by atoms with Crippen LogP contribution in [0, 0.1) is 19.3 Å². The quantitative estimate of drug-likeness (QED) is 0.589. The first-order chi connectivity index (χ1) is 15.9. The predicted molar refractivity (Wildman–Crippen MR) is 127 cm³/mol. The van der Waals surface area contributed by atoms with Gasteiger partial charge in [-0.25, -0.2) is 0 Å². The summed E-state index contributed by atoms with van der Waals surface area (Å²) in [5.74, 6) is 0.460. The topological polar surface area (TPSA) is 89.4 Å². The molecule has 1 aliphatic heterocycles. The van der Waals surface area contributed by atoms with E-state index in [1.54, 1.807) is 0 Å². The summed E-state index contributed by atoms with van der Waals surface area (Å²) in [5.41, 5.74) is 10.3. The van der Waals surface area contributed by atoms with E-state index in [1.165, 1.54) is 0 Å². The van der Waals surface area contributed by atoms with E-state index in [4.69, 9.17) is 10.3 Å². The van der Waals surface area contributed by atoms with Crippen molar-refractivity contribution < 1.29 is 14.1 Å². The molecule has 0 spiro atoms. The minimum absolute atomic E-state index is 0.0414. The summed E-state index contributed by atoms with van der Waals surface area (Å²) in [7, 11) is 0. The third-order valence-electron chi connectivity index (χ3n) is 6.83. The van der Waals surface area contributed by atoms with Gasteiger partial charge in [0.05, 0.1) is 11.1 Å². The fraction of sp³-hybridized carbons (Fsp3) is 0.370. The Hall–Kier alpha value is -3.41. The molecule has 1 atom stereocenters. The Labute approximate surface area is 194 Å². The number of nitrogens with two attached hydrogens (primary N) is 1. The van der Waals surface area contributed by atoms with E-state index in [-0.39, 0.29) is 11.8 Å². The van der Waals surface area contributed by atoms with Crippen molar-refractivity contribution in [3.63, 3.8) is 0 Å². The van der Waals surface area contributed by atoms with Crippen LogP contribution in [0.1, 0.15) is 41.8 Å². The van der Waals surface area contributed by atoms with Crippen LogP contribution in [0.3, 0.4) is 0 Å².